The van der Waals surface area contributed by atoms with E-state index >= 15 is 0 Å². The Kier molecular flexibility index (Phi) is 7.75. The zero-order chi connectivity index (χ0) is 29.3. The van der Waals surface area contributed by atoms with Crippen LogP contribution in [-0.2, 0) is 14.8 Å². The molecule has 2 heterocycles. The van der Waals surface area contributed by atoms with E-state index in [1.54, 1.807) is 6.26 Å². The normalized spacial score (nSPS) is 43.5. The Morgan fingerprint density at radius 2 is 1.76 bits per heavy atom. The van der Waals surface area contributed by atoms with Crippen molar-refractivity contribution in [3.63, 3.8) is 0 Å². The smallest absolute Gasteiger partial charge is 0.192 e. The monoisotopic (exact) mass is 585 g/mol. The SMILES string of the molecule is CC(C)(C)[Si](C)(C)O[C@H]1CC[C@@]2(C)[C@H](CC[C@@H]3[C@@H]2CC[C@]2(C)[C@@](OCCN4CCCC4)(c4ccoc4)CC[C@]32O)C1. The molecule has 8 atom stereocenters. The maximum atomic E-state index is 13.0. The van der Waals surface area contributed by atoms with Crippen LogP contribution in [0.1, 0.15) is 111 Å². The van der Waals surface area contributed by atoms with Gasteiger partial charge in [0, 0.05) is 23.6 Å². The van der Waals surface area contributed by atoms with Gasteiger partial charge in [0.25, 0.3) is 0 Å². The predicted molar refractivity (Wildman–Crippen MR) is 167 cm³/mol. The Morgan fingerprint density at radius 1 is 1.00 bits per heavy atom. The molecule has 5 nitrogen and oxygen atoms in total. The van der Waals surface area contributed by atoms with Crippen molar-refractivity contribution < 1.29 is 18.7 Å². The minimum atomic E-state index is -1.77. The molecule has 0 unspecified atom stereocenters. The van der Waals surface area contributed by atoms with E-state index in [1.165, 1.54) is 58.0 Å². The molecule has 4 aliphatic carbocycles. The van der Waals surface area contributed by atoms with Gasteiger partial charge in [0.2, 0.25) is 0 Å². The highest BCUT2D eigenvalue weighted by Gasteiger charge is 2.73. The van der Waals surface area contributed by atoms with Gasteiger partial charge in [-0.25, -0.2) is 0 Å². The van der Waals surface area contributed by atoms with Crippen LogP contribution >= 0.6 is 0 Å². The van der Waals surface area contributed by atoms with E-state index in [1.807, 2.05) is 6.26 Å². The molecule has 1 aliphatic heterocycles. The van der Waals surface area contributed by atoms with Crippen molar-refractivity contribution in [2.75, 3.05) is 26.2 Å². The summed E-state index contributed by atoms with van der Waals surface area (Å²) in [5.74, 6) is 1.63. The first-order valence-corrected chi connectivity index (χ1v) is 20.0. The summed E-state index contributed by atoms with van der Waals surface area (Å²) in [5, 5.41) is 13.2. The number of ether oxygens (including phenoxy) is 1. The van der Waals surface area contributed by atoms with E-state index in [4.69, 9.17) is 13.6 Å². The third kappa shape index (κ3) is 4.67. The van der Waals surface area contributed by atoms with Crippen molar-refractivity contribution in [1.29, 1.82) is 0 Å². The van der Waals surface area contributed by atoms with Crippen LogP contribution in [0.4, 0.5) is 0 Å². The van der Waals surface area contributed by atoms with E-state index in [2.05, 4.69) is 58.7 Å². The first-order valence-electron chi connectivity index (χ1n) is 17.1. The van der Waals surface area contributed by atoms with Gasteiger partial charge in [0.1, 0.15) is 5.60 Å². The van der Waals surface area contributed by atoms with Crippen molar-refractivity contribution >= 4 is 8.32 Å². The molecule has 0 radical (unpaired) electrons. The highest BCUT2D eigenvalue weighted by Crippen LogP contribution is 2.72. The van der Waals surface area contributed by atoms with Crippen LogP contribution in [-0.4, -0.2) is 56.3 Å². The van der Waals surface area contributed by atoms with Gasteiger partial charge in [-0.1, -0.05) is 34.6 Å². The van der Waals surface area contributed by atoms with E-state index < -0.39 is 19.5 Å². The van der Waals surface area contributed by atoms with Gasteiger partial charge < -0.3 is 23.6 Å². The lowest BCUT2D eigenvalue weighted by Crippen LogP contribution is -2.65. The summed E-state index contributed by atoms with van der Waals surface area (Å²) in [6.07, 6.45) is 16.6. The number of furan rings is 1. The fourth-order valence-corrected chi connectivity index (χ4v) is 11.9. The lowest BCUT2D eigenvalue weighted by molar-refractivity contribution is -0.249. The van der Waals surface area contributed by atoms with E-state index in [-0.39, 0.29) is 10.5 Å². The molecular formula is C35H59NO4Si. The van der Waals surface area contributed by atoms with Crippen molar-refractivity contribution in [3.05, 3.63) is 24.2 Å². The minimum absolute atomic E-state index is 0.253. The maximum absolute atomic E-state index is 13.0. The first kappa shape index (κ1) is 30.4. The van der Waals surface area contributed by atoms with E-state index in [0.717, 1.165) is 44.4 Å². The third-order valence-electron chi connectivity index (χ3n) is 14.1. The zero-order valence-corrected chi connectivity index (χ0v) is 28.3. The number of likely N-dealkylation sites (tertiary alicyclic amines) is 1. The Hall–Kier alpha value is -0.663. The maximum Gasteiger partial charge on any atom is 0.192 e. The summed E-state index contributed by atoms with van der Waals surface area (Å²) in [6.45, 7) is 20.9. The summed E-state index contributed by atoms with van der Waals surface area (Å²) < 4.78 is 19.7. The molecule has 1 saturated heterocycles. The lowest BCUT2D eigenvalue weighted by atomic mass is 9.43. The number of aliphatic hydroxyl groups is 1. The Labute approximate surface area is 251 Å². The quantitative estimate of drug-likeness (QED) is 0.327. The Bertz CT molecular complexity index is 1060. The third-order valence-corrected chi connectivity index (χ3v) is 18.7. The summed E-state index contributed by atoms with van der Waals surface area (Å²) in [6, 6.07) is 2.11. The van der Waals surface area contributed by atoms with Crippen molar-refractivity contribution in [2.45, 2.75) is 141 Å². The fourth-order valence-electron chi connectivity index (χ4n) is 10.5. The molecule has 41 heavy (non-hydrogen) atoms. The van der Waals surface area contributed by atoms with Crippen molar-refractivity contribution in [3.8, 4) is 0 Å². The molecule has 0 bridgehead atoms. The average molecular weight is 586 g/mol. The number of nitrogens with zero attached hydrogens (tertiary/aromatic N) is 1. The second kappa shape index (κ2) is 10.5. The second-order valence-corrected chi connectivity index (χ2v) is 21.6. The minimum Gasteiger partial charge on any atom is -0.472 e. The Morgan fingerprint density at radius 3 is 2.44 bits per heavy atom. The summed E-state index contributed by atoms with van der Waals surface area (Å²) in [4.78, 5) is 2.54. The highest BCUT2D eigenvalue weighted by molar-refractivity contribution is 6.74. The largest absolute Gasteiger partial charge is 0.472 e. The summed E-state index contributed by atoms with van der Waals surface area (Å²) >= 11 is 0. The number of rotatable bonds is 7. The van der Waals surface area contributed by atoms with Gasteiger partial charge >= 0.3 is 0 Å². The molecule has 0 amide bonds. The zero-order valence-electron chi connectivity index (χ0n) is 27.3. The average Bonchev–Trinajstić information content (AvgIpc) is 3.66. The molecule has 5 fully saturated rings. The van der Waals surface area contributed by atoms with Crippen LogP contribution in [0.15, 0.2) is 23.0 Å². The topological polar surface area (TPSA) is 55.1 Å². The summed E-state index contributed by atoms with van der Waals surface area (Å²) in [7, 11) is -1.77. The number of hydrogen-bond acceptors (Lipinski definition) is 5. The highest BCUT2D eigenvalue weighted by atomic mass is 28.4. The molecule has 0 spiro atoms. The Balaban J connectivity index is 1.22. The van der Waals surface area contributed by atoms with Gasteiger partial charge in [-0.3, -0.25) is 0 Å². The van der Waals surface area contributed by atoms with Gasteiger partial charge in [-0.15, -0.1) is 0 Å². The molecule has 6 heteroatoms. The summed E-state index contributed by atoms with van der Waals surface area (Å²) in [5.41, 5.74) is -0.0686. The van der Waals surface area contributed by atoms with Crippen LogP contribution in [0, 0.1) is 28.6 Å². The van der Waals surface area contributed by atoms with Crippen LogP contribution in [0.25, 0.3) is 0 Å². The standard InChI is InChI=1S/C35H59NO4Si/c1-31(2,3)41(6,7)40-28-12-15-32(4)26(24-28)10-11-30-29(32)13-16-33(5)34(30,37)17-18-35(33,27-14-22-38-25-27)39-23-21-36-19-8-9-20-36/h14,22,25-26,28-30,37H,8-13,15-21,23-24H2,1-7H3/t26-,28+,29+,30-,32+,33+,34+,35+/m1/s1. The molecule has 1 aromatic rings. The second-order valence-electron chi connectivity index (χ2n) is 16.8. The van der Waals surface area contributed by atoms with Gasteiger partial charge in [0.15, 0.2) is 8.32 Å². The van der Waals surface area contributed by atoms with E-state index in [9.17, 15) is 5.11 Å². The van der Waals surface area contributed by atoms with Gasteiger partial charge in [-0.05, 0) is 131 Å². The lowest BCUT2D eigenvalue weighted by Gasteiger charge is -2.65. The molecular weight excluding hydrogens is 526 g/mol. The van der Waals surface area contributed by atoms with Gasteiger partial charge in [-0.2, -0.15) is 0 Å². The predicted octanol–water partition coefficient (Wildman–Crippen LogP) is 8.14. The van der Waals surface area contributed by atoms with Crippen LogP contribution < -0.4 is 0 Å². The van der Waals surface area contributed by atoms with E-state index in [0.29, 0.717) is 29.3 Å². The molecule has 0 aromatic carbocycles. The van der Waals surface area contributed by atoms with Crippen LogP contribution in [0.2, 0.25) is 18.1 Å². The van der Waals surface area contributed by atoms with Crippen molar-refractivity contribution in [1.82, 2.24) is 4.90 Å². The molecule has 1 aromatic heterocycles. The molecule has 6 rings (SSSR count). The molecule has 1 N–H and O–H groups in total. The number of hydrogen-bond donors (Lipinski definition) is 1. The van der Waals surface area contributed by atoms with Crippen molar-refractivity contribution in [2.24, 2.45) is 28.6 Å². The fraction of sp³-hybridized carbons (Fsp3) is 0.886. The van der Waals surface area contributed by atoms with Crippen LogP contribution in [0.3, 0.4) is 0 Å². The van der Waals surface area contributed by atoms with Crippen LogP contribution in [0.5, 0.6) is 0 Å². The molecule has 5 aliphatic rings. The molecule has 232 valence electrons. The molecule has 4 saturated carbocycles. The first-order chi connectivity index (χ1) is 19.3. The number of fused-ring (bicyclic) bond motifs is 5. The van der Waals surface area contributed by atoms with Gasteiger partial charge in [0.05, 0.1) is 24.7 Å².